The van der Waals surface area contributed by atoms with Crippen molar-refractivity contribution in [3.8, 4) is 0 Å². The van der Waals surface area contributed by atoms with E-state index >= 15 is 0 Å². The highest BCUT2D eigenvalue weighted by atomic mass is 16.5. The second-order valence-electron chi connectivity index (χ2n) is 5.38. The van der Waals surface area contributed by atoms with Gasteiger partial charge in [-0.25, -0.2) is 4.79 Å². The molecule has 2 atom stereocenters. The summed E-state index contributed by atoms with van der Waals surface area (Å²) in [5.41, 5.74) is 0. The molecule has 0 spiro atoms. The number of Topliss-reactive ketones (excluding diaryl/α,β-unsaturated/α-hetero) is 1. The van der Waals surface area contributed by atoms with E-state index in [9.17, 15) is 19.5 Å². The highest BCUT2D eigenvalue weighted by Gasteiger charge is 2.27. The van der Waals surface area contributed by atoms with Gasteiger partial charge in [0.1, 0.15) is 12.1 Å². The number of rotatable bonds is 9. The largest absolute Gasteiger partial charge is 0.461 e. The lowest BCUT2D eigenvalue weighted by atomic mass is 10.0. The maximum absolute atomic E-state index is 11.9. The van der Waals surface area contributed by atoms with E-state index in [1.807, 2.05) is 0 Å². The van der Waals surface area contributed by atoms with Crippen molar-refractivity contribution in [3.05, 3.63) is 0 Å². The van der Waals surface area contributed by atoms with Crippen LogP contribution in [-0.4, -0.2) is 47.2 Å². The molecule has 3 N–H and O–H groups in total. The first-order valence-electron chi connectivity index (χ1n) is 6.91. The molecule has 0 aromatic heterocycles. The standard InChI is InChI=1S/C14H24N2O5/c1-8(2)12(18)13(19)16-11(6-5-10(17)7-15)14(20)21-9(3)4/h7-9,11-12,15,18H,5-6H2,1-4H3,(H,16,19)/t11-,12-/m0/s1. The van der Waals surface area contributed by atoms with Crippen LogP contribution in [0.2, 0.25) is 0 Å². The van der Waals surface area contributed by atoms with Crippen LogP contribution in [0.25, 0.3) is 0 Å². The summed E-state index contributed by atoms with van der Waals surface area (Å²) in [5.74, 6) is -2.09. The summed E-state index contributed by atoms with van der Waals surface area (Å²) in [6, 6.07) is -1.02. The average Bonchev–Trinajstić information content (AvgIpc) is 2.40. The topological polar surface area (TPSA) is 117 Å². The molecule has 21 heavy (non-hydrogen) atoms. The van der Waals surface area contributed by atoms with Crippen LogP contribution in [0.3, 0.4) is 0 Å². The molecule has 0 rings (SSSR count). The number of hydrogen-bond donors (Lipinski definition) is 3. The Morgan fingerprint density at radius 3 is 2.24 bits per heavy atom. The van der Waals surface area contributed by atoms with Gasteiger partial charge in [-0.3, -0.25) is 9.59 Å². The molecule has 1 amide bonds. The van der Waals surface area contributed by atoms with Crippen LogP contribution in [-0.2, 0) is 19.1 Å². The SMILES string of the molecule is CC(C)OC(=O)[C@H](CCC(=O)C=N)NC(=O)[C@@H](O)C(C)C. The number of amides is 1. The monoisotopic (exact) mass is 300 g/mol. The lowest BCUT2D eigenvalue weighted by Gasteiger charge is -2.21. The first-order valence-corrected chi connectivity index (χ1v) is 6.91. The Bertz CT molecular complexity index is 393. The van der Waals surface area contributed by atoms with Crippen LogP contribution in [0.1, 0.15) is 40.5 Å². The Balaban J connectivity index is 4.78. The number of carbonyl (C=O) groups is 3. The van der Waals surface area contributed by atoms with Crippen molar-refractivity contribution in [1.82, 2.24) is 5.32 Å². The van der Waals surface area contributed by atoms with E-state index in [2.05, 4.69) is 5.32 Å². The van der Waals surface area contributed by atoms with Crippen LogP contribution in [0.5, 0.6) is 0 Å². The average molecular weight is 300 g/mol. The fraction of sp³-hybridized carbons (Fsp3) is 0.714. The lowest BCUT2D eigenvalue weighted by molar-refractivity contribution is -0.152. The van der Waals surface area contributed by atoms with Gasteiger partial charge in [0.15, 0.2) is 5.78 Å². The Morgan fingerprint density at radius 1 is 1.24 bits per heavy atom. The van der Waals surface area contributed by atoms with Crippen molar-refractivity contribution < 1.29 is 24.2 Å². The van der Waals surface area contributed by atoms with Gasteiger partial charge in [-0.2, -0.15) is 0 Å². The van der Waals surface area contributed by atoms with E-state index in [1.54, 1.807) is 27.7 Å². The van der Waals surface area contributed by atoms with Crippen LogP contribution in [0.15, 0.2) is 0 Å². The maximum Gasteiger partial charge on any atom is 0.328 e. The second kappa shape index (κ2) is 9.23. The Kier molecular flexibility index (Phi) is 8.45. The number of carbonyl (C=O) groups excluding carboxylic acids is 3. The molecule has 0 aliphatic heterocycles. The second-order valence-corrected chi connectivity index (χ2v) is 5.38. The molecule has 7 nitrogen and oxygen atoms in total. The molecular formula is C14H24N2O5. The van der Waals surface area contributed by atoms with Crippen molar-refractivity contribution in [3.63, 3.8) is 0 Å². The molecular weight excluding hydrogens is 276 g/mol. The summed E-state index contributed by atoms with van der Waals surface area (Å²) in [4.78, 5) is 34.8. The first kappa shape index (κ1) is 19.2. The van der Waals surface area contributed by atoms with Crippen molar-refractivity contribution in [1.29, 1.82) is 5.41 Å². The van der Waals surface area contributed by atoms with Crippen molar-refractivity contribution >= 4 is 23.9 Å². The number of ketones is 1. The molecule has 0 unspecified atom stereocenters. The van der Waals surface area contributed by atoms with Gasteiger partial charge in [-0.05, 0) is 26.2 Å². The van der Waals surface area contributed by atoms with Gasteiger partial charge in [0.05, 0.1) is 12.3 Å². The number of aliphatic hydroxyl groups is 1. The quantitative estimate of drug-likeness (QED) is 0.422. The van der Waals surface area contributed by atoms with Crippen LogP contribution in [0.4, 0.5) is 0 Å². The zero-order chi connectivity index (χ0) is 16.6. The van der Waals surface area contributed by atoms with Gasteiger partial charge >= 0.3 is 5.97 Å². The Morgan fingerprint density at radius 2 is 1.81 bits per heavy atom. The number of esters is 1. The lowest BCUT2D eigenvalue weighted by Crippen LogP contribution is -2.48. The molecule has 0 aromatic rings. The van der Waals surface area contributed by atoms with Gasteiger partial charge in [0, 0.05) is 6.42 Å². The van der Waals surface area contributed by atoms with Crippen LogP contribution < -0.4 is 5.32 Å². The van der Waals surface area contributed by atoms with E-state index in [1.165, 1.54) is 0 Å². The summed E-state index contributed by atoms with van der Waals surface area (Å²) < 4.78 is 5.02. The molecule has 0 radical (unpaired) electrons. The van der Waals surface area contributed by atoms with Crippen molar-refractivity contribution in [2.24, 2.45) is 5.92 Å². The smallest absolute Gasteiger partial charge is 0.328 e. The molecule has 7 heteroatoms. The van der Waals surface area contributed by atoms with E-state index in [-0.39, 0.29) is 24.9 Å². The van der Waals surface area contributed by atoms with Gasteiger partial charge in [0.25, 0.3) is 0 Å². The fourth-order valence-corrected chi connectivity index (χ4v) is 1.48. The maximum atomic E-state index is 11.9. The highest BCUT2D eigenvalue weighted by molar-refractivity contribution is 6.26. The van der Waals surface area contributed by atoms with E-state index < -0.39 is 29.8 Å². The van der Waals surface area contributed by atoms with Crippen molar-refractivity contribution in [2.75, 3.05) is 0 Å². The summed E-state index contributed by atoms with van der Waals surface area (Å²) in [7, 11) is 0. The van der Waals surface area contributed by atoms with Gasteiger partial charge < -0.3 is 20.6 Å². The predicted molar refractivity (Wildman–Crippen MR) is 77.0 cm³/mol. The fourth-order valence-electron chi connectivity index (χ4n) is 1.48. The molecule has 0 aromatic carbocycles. The van der Waals surface area contributed by atoms with E-state index in [4.69, 9.17) is 10.1 Å². The third-order valence-corrected chi connectivity index (χ3v) is 2.69. The summed E-state index contributed by atoms with van der Waals surface area (Å²) in [6.07, 6.45) is -0.964. The third kappa shape index (κ3) is 7.55. The number of ether oxygens (including phenoxy) is 1. The number of nitrogens with one attached hydrogen (secondary N) is 2. The number of hydrogen-bond acceptors (Lipinski definition) is 6. The summed E-state index contributed by atoms with van der Waals surface area (Å²) in [6.45, 7) is 6.68. The first-order chi connectivity index (χ1) is 9.68. The minimum absolute atomic E-state index is 0.0241. The minimum Gasteiger partial charge on any atom is -0.461 e. The summed E-state index contributed by atoms with van der Waals surface area (Å²) >= 11 is 0. The highest BCUT2D eigenvalue weighted by Crippen LogP contribution is 2.06. The molecule has 0 saturated heterocycles. The molecule has 120 valence electrons. The Labute approximate surface area is 124 Å². The van der Waals surface area contributed by atoms with Gasteiger partial charge in [0.2, 0.25) is 5.91 Å². The van der Waals surface area contributed by atoms with Crippen molar-refractivity contribution in [2.45, 2.75) is 58.8 Å². The normalized spacial score (nSPS) is 13.7. The molecule has 0 aliphatic rings. The van der Waals surface area contributed by atoms with Crippen LogP contribution >= 0.6 is 0 Å². The molecule has 0 saturated carbocycles. The molecule has 0 aliphatic carbocycles. The zero-order valence-corrected chi connectivity index (χ0v) is 12.9. The third-order valence-electron chi connectivity index (χ3n) is 2.69. The minimum atomic E-state index is -1.24. The molecule has 0 fully saturated rings. The molecule has 0 heterocycles. The summed E-state index contributed by atoms with van der Waals surface area (Å²) in [5, 5.41) is 18.9. The predicted octanol–water partition coefficient (Wildman–Crippen LogP) is 0.439. The number of aliphatic hydroxyl groups excluding tert-OH is 1. The van der Waals surface area contributed by atoms with Gasteiger partial charge in [-0.1, -0.05) is 13.8 Å². The molecule has 0 bridgehead atoms. The van der Waals surface area contributed by atoms with Gasteiger partial charge in [-0.15, -0.1) is 0 Å². The van der Waals surface area contributed by atoms with Crippen LogP contribution in [0, 0.1) is 11.3 Å². The van der Waals surface area contributed by atoms with E-state index in [0.29, 0.717) is 6.21 Å². The van der Waals surface area contributed by atoms with E-state index in [0.717, 1.165) is 0 Å². The zero-order valence-electron chi connectivity index (χ0n) is 12.9. The Hall–Kier alpha value is -1.76.